The zero-order valence-corrected chi connectivity index (χ0v) is 23.9. The summed E-state index contributed by atoms with van der Waals surface area (Å²) < 4.78 is 11.9. The highest BCUT2D eigenvalue weighted by Crippen LogP contribution is 2.30. The molecule has 0 atom stereocenters. The fourth-order valence-corrected chi connectivity index (χ4v) is 6.36. The van der Waals surface area contributed by atoms with E-state index in [2.05, 4.69) is 9.97 Å². The van der Waals surface area contributed by atoms with Gasteiger partial charge in [0.2, 0.25) is 5.88 Å². The van der Waals surface area contributed by atoms with Crippen molar-refractivity contribution in [1.29, 1.82) is 0 Å². The zero-order valence-electron chi connectivity index (χ0n) is 23.9. The van der Waals surface area contributed by atoms with Gasteiger partial charge in [-0.15, -0.1) is 0 Å². The first-order valence-corrected chi connectivity index (χ1v) is 16.1. The van der Waals surface area contributed by atoms with Crippen LogP contribution in [0.4, 0.5) is 0 Å². The van der Waals surface area contributed by atoms with Crippen LogP contribution in [0.2, 0.25) is 0 Å². The molecule has 0 aliphatic heterocycles. The van der Waals surface area contributed by atoms with Crippen LogP contribution in [-0.4, -0.2) is 23.2 Å². The number of benzene rings is 1. The highest BCUT2D eigenvalue weighted by Gasteiger charge is 2.14. The van der Waals surface area contributed by atoms with Gasteiger partial charge in [-0.2, -0.15) is 4.98 Å². The fourth-order valence-electron chi connectivity index (χ4n) is 6.36. The highest BCUT2D eigenvalue weighted by atomic mass is 16.5. The van der Waals surface area contributed by atoms with Gasteiger partial charge in [0.1, 0.15) is 5.75 Å². The second kappa shape index (κ2) is 17.5. The van der Waals surface area contributed by atoms with Crippen molar-refractivity contribution in [2.75, 3.05) is 13.2 Å². The molecule has 1 heterocycles. The quantitative estimate of drug-likeness (QED) is 0.173. The van der Waals surface area contributed by atoms with Gasteiger partial charge in [0.25, 0.3) is 0 Å². The molecular weight excluding hydrogens is 468 g/mol. The Morgan fingerprint density at radius 3 is 1.71 bits per heavy atom. The summed E-state index contributed by atoms with van der Waals surface area (Å²) in [5.41, 5.74) is 0.993. The lowest BCUT2D eigenvalue weighted by molar-refractivity contribution is 0.292. The Kier molecular flexibility index (Phi) is 13.3. The van der Waals surface area contributed by atoms with Crippen LogP contribution in [0.1, 0.15) is 128 Å². The molecule has 2 saturated carbocycles. The number of unbranched alkanes of at least 4 members (excludes halogenated alkanes) is 8. The zero-order chi connectivity index (χ0) is 26.1. The minimum absolute atomic E-state index is 0.666. The molecule has 2 aromatic rings. The Morgan fingerprint density at radius 2 is 1.11 bits per heavy atom. The van der Waals surface area contributed by atoms with Gasteiger partial charge in [0.15, 0.2) is 5.82 Å². The predicted molar refractivity (Wildman–Crippen MR) is 158 cm³/mol. The van der Waals surface area contributed by atoms with Gasteiger partial charge in [-0.1, -0.05) is 116 Å². The van der Waals surface area contributed by atoms with Crippen LogP contribution >= 0.6 is 0 Å². The third-order valence-electron chi connectivity index (χ3n) is 8.72. The second-order valence-corrected chi connectivity index (χ2v) is 11.9. The Bertz CT molecular complexity index is 872. The maximum Gasteiger partial charge on any atom is 0.216 e. The van der Waals surface area contributed by atoms with Crippen molar-refractivity contribution >= 4 is 0 Å². The van der Waals surface area contributed by atoms with Crippen LogP contribution < -0.4 is 9.47 Å². The van der Waals surface area contributed by atoms with Gasteiger partial charge in [0, 0.05) is 17.8 Å². The Hall–Kier alpha value is -2.10. The van der Waals surface area contributed by atoms with Gasteiger partial charge in [0.05, 0.1) is 13.2 Å². The SMILES string of the molecule is c1cc(OCCCCCCCC2CCCC2)nc(-c2ccc(OCCCCCCCC3CCCC3)cc2)n1. The molecule has 4 heteroatoms. The normalized spacial score (nSPS) is 16.3. The molecule has 2 fully saturated rings. The summed E-state index contributed by atoms with van der Waals surface area (Å²) in [4.78, 5) is 9.08. The summed E-state index contributed by atoms with van der Waals surface area (Å²) >= 11 is 0. The second-order valence-electron chi connectivity index (χ2n) is 11.9. The van der Waals surface area contributed by atoms with Crippen molar-refractivity contribution in [1.82, 2.24) is 9.97 Å². The lowest BCUT2D eigenvalue weighted by atomic mass is 9.99. The minimum atomic E-state index is 0.666. The van der Waals surface area contributed by atoms with Gasteiger partial charge in [-0.3, -0.25) is 0 Å². The molecule has 0 unspecified atom stereocenters. The van der Waals surface area contributed by atoms with E-state index in [1.54, 1.807) is 6.20 Å². The average Bonchev–Trinajstić information content (AvgIpc) is 3.67. The van der Waals surface area contributed by atoms with E-state index < -0.39 is 0 Å². The number of nitrogens with zero attached hydrogens (tertiary/aromatic N) is 2. The van der Waals surface area contributed by atoms with Crippen LogP contribution in [0.5, 0.6) is 11.6 Å². The molecule has 0 N–H and O–H groups in total. The number of hydrogen-bond acceptors (Lipinski definition) is 4. The lowest BCUT2D eigenvalue weighted by Gasteiger charge is -2.09. The molecular formula is C34H52N2O2. The van der Waals surface area contributed by atoms with Crippen LogP contribution in [-0.2, 0) is 0 Å². The first-order chi connectivity index (χ1) is 18.9. The molecule has 0 spiro atoms. The van der Waals surface area contributed by atoms with Crippen LogP contribution in [0.15, 0.2) is 36.5 Å². The molecule has 0 amide bonds. The van der Waals surface area contributed by atoms with Crippen molar-refractivity contribution in [3.63, 3.8) is 0 Å². The van der Waals surface area contributed by atoms with Gasteiger partial charge < -0.3 is 9.47 Å². The van der Waals surface area contributed by atoms with E-state index in [-0.39, 0.29) is 0 Å². The maximum absolute atomic E-state index is 5.97. The van der Waals surface area contributed by atoms with Gasteiger partial charge in [-0.25, -0.2) is 4.98 Å². The number of hydrogen-bond donors (Lipinski definition) is 0. The van der Waals surface area contributed by atoms with E-state index in [0.717, 1.165) is 49.2 Å². The summed E-state index contributed by atoms with van der Waals surface area (Å²) in [6.45, 7) is 1.52. The molecule has 2 aliphatic carbocycles. The smallest absolute Gasteiger partial charge is 0.216 e. The summed E-state index contributed by atoms with van der Waals surface area (Å²) in [7, 11) is 0. The molecule has 1 aromatic carbocycles. The minimum Gasteiger partial charge on any atom is -0.494 e. The van der Waals surface area contributed by atoms with Crippen molar-refractivity contribution in [2.24, 2.45) is 11.8 Å². The summed E-state index contributed by atoms with van der Waals surface area (Å²) in [5.74, 6) is 4.37. The summed E-state index contributed by atoms with van der Waals surface area (Å²) in [6, 6.07) is 10.0. The Morgan fingerprint density at radius 1 is 0.579 bits per heavy atom. The fraction of sp³-hybridized carbons (Fsp3) is 0.706. The van der Waals surface area contributed by atoms with Crippen molar-refractivity contribution < 1.29 is 9.47 Å². The van der Waals surface area contributed by atoms with Gasteiger partial charge in [-0.05, 0) is 48.9 Å². The molecule has 38 heavy (non-hydrogen) atoms. The lowest BCUT2D eigenvalue weighted by Crippen LogP contribution is -2.01. The summed E-state index contributed by atoms with van der Waals surface area (Å²) in [6.07, 6.45) is 29.5. The first-order valence-electron chi connectivity index (χ1n) is 16.1. The molecule has 210 valence electrons. The van der Waals surface area contributed by atoms with Crippen LogP contribution in [0.25, 0.3) is 11.4 Å². The average molecular weight is 521 g/mol. The topological polar surface area (TPSA) is 44.2 Å². The van der Waals surface area contributed by atoms with Crippen molar-refractivity contribution in [3.05, 3.63) is 36.5 Å². The molecule has 4 rings (SSSR count). The predicted octanol–water partition coefficient (Wildman–Crippen LogP) is 9.96. The standard InChI is InChI=1S/C34H52N2O2/c1(3-7-15-29-17-9-10-18-29)5-13-27-37-32-23-21-31(22-24-32)34-35-26-25-33(36-34)38-28-14-6-2-4-8-16-30-19-11-12-20-30/h21-26,29-30H,1-20,27-28H2. The number of ether oxygens (including phenoxy) is 2. The maximum atomic E-state index is 5.97. The first kappa shape index (κ1) is 28.9. The van der Waals surface area contributed by atoms with Crippen molar-refractivity contribution in [3.8, 4) is 23.0 Å². The van der Waals surface area contributed by atoms with E-state index in [1.165, 1.54) is 116 Å². The van der Waals surface area contributed by atoms with E-state index in [1.807, 2.05) is 30.3 Å². The summed E-state index contributed by atoms with van der Waals surface area (Å²) in [5, 5.41) is 0. The van der Waals surface area contributed by atoms with E-state index in [4.69, 9.17) is 9.47 Å². The van der Waals surface area contributed by atoms with E-state index in [0.29, 0.717) is 11.7 Å². The molecule has 0 radical (unpaired) electrons. The Labute approximate surface area is 232 Å². The molecule has 0 bridgehead atoms. The Balaban J connectivity index is 1.04. The molecule has 4 nitrogen and oxygen atoms in total. The largest absolute Gasteiger partial charge is 0.494 e. The molecule has 2 aliphatic rings. The number of aromatic nitrogens is 2. The number of rotatable bonds is 19. The molecule has 1 aromatic heterocycles. The van der Waals surface area contributed by atoms with Crippen LogP contribution in [0.3, 0.4) is 0 Å². The van der Waals surface area contributed by atoms with Crippen molar-refractivity contribution in [2.45, 2.75) is 128 Å². The monoisotopic (exact) mass is 520 g/mol. The third-order valence-corrected chi connectivity index (χ3v) is 8.72. The third kappa shape index (κ3) is 10.9. The van der Waals surface area contributed by atoms with E-state index in [9.17, 15) is 0 Å². The highest BCUT2D eigenvalue weighted by molar-refractivity contribution is 5.56. The van der Waals surface area contributed by atoms with E-state index >= 15 is 0 Å². The molecule has 0 saturated heterocycles. The van der Waals surface area contributed by atoms with Gasteiger partial charge >= 0.3 is 0 Å². The van der Waals surface area contributed by atoms with Crippen LogP contribution in [0, 0.1) is 11.8 Å².